The van der Waals surface area contributed by atoms with Gasteiger partial charge < -0.3 is 10.6 Å². The second-order valence-electron chi connectivity index (χ2n) is 4.83. The maximum absolute atomic E-state index is 13.5. The van der Waals surface area contributed by atoms with Gasteiger partial charge in [-0.05, 0) is 43.4 Å². The summed E-state index contributed by atoms with van der Waals surface area (Å²) >= 11 is 0. The lowest BCUT2D eigenvalue weighted by Gasteiger charge is -2.22. The molecule has 16 heavy (non-hydrogen) atoms. The molecule has 0 aliphatic heterocycles. The quantitative estimate of drug-likeness (QED) is 0.829. The number of para-hydroxylation sites is 1. The van der Waals surface area contributed by atoms with Gasteiger partial charge in [-0.1, -0.05) is 12.1 Å². The van der Waals surface area contributed by atoms with Gasteiger partial charge in [0.1, 0.15) is 5.82 Å². The maximum atomic E-state index is 13.5. The molecule has 1 aliphatic carbocycles. The second kappa shape index (κ2) is 4.42. The zero-order valence-corrected chi connectivity index (χ0v) is 9.75. The van der Waals surface area contributed by atoms with Crippen molar-refractivity contribution in [3.05, 3.63) is 30.1 Å². The molecular formula is C13H19FN2. The maximum Gasteiger partial charge on any atom is 0.146 e. The van der Waals surface area contributed by atoms with Crippen molar-refractivity contribution in [3.8, 4) is 0 Å². The molecule has 2 rings (SSSR count). The molecule has 1 aromatic rings. The third-order valence-corrected chi connectivity index (χ3v) is 3.63. The zero-order valence-electron chi connectivity index (χ0n) is 9.75. The third-order valence-electron chi connectivity index (χ3n) is 3.63. The first-order valence-corrected chi connectivity index (χ1v) is 5.83. The fraction of sp³-hybridized carbons (Fsp3) is 0.538. The highest BCUT2D eigenvalue weighted by atomic mass is 19.1. The Labute approximate surface area is 96.2 Å². The van der Waals surface area contributed by atoms with Gasteiger partial charge in [-0.25, -0.2) is 4.39 Å². The van der Waals surface area contributed by atoms with E-state index in [-0.39, 0.29) is 5.82 Å². The summed E-state index contributed by atoms with van der Waals surface area (Å²) in [5.74, 6) is -0.150. The van der Waals surface area contributed by atoms with E-state index in [0.717, 1.165) is 19.5 Å². The lowest BCUT2D eigenvalue weighted by atomic mass is 10.0. The molecular weight excluding hydrogens is 203 g/mol. The molecule has 0 bridgehead atoms. The van der Waals surface area contributed by atoms with Crippen molar-refractivity contribution >= 4 is 5.69 Å². The van der Waals surface area contributed by atoms with E-state index in [1.54, 1.807) is 6.07 Å². The molecule has 0 amide bonds. The summed E-state index contributed by atoms with van der Waals surface area (Å²) in [5.41, 5.74) is 6.77. The molecule has 1 saturated carbocycles. The Morgan fingerprint density at radius 2 is 2.06 bits per heavy atom. The van der Waals surface area contributed by atoms with Crippen LogP contribution in [0, 0.1) is 11.2 Å². The van der Waals surface area contributed by atoms with E-state index in [2.05, 4.69) is 0 Å². The lowest BCUT2D eigenvalue weighted by molar-refractivity contribution is 0.479. The van der Waals surface area contributed by atoms with Gasteiger partial charge in [0.2, 0.25) is 0 Å². The molecule has 0 radical (unpaired) electrons. The van der Waals surface area contributed by atoms with Crippen LogP contribution in [0.2, 0.25) is 0 Å². The summed E-state index contributed by atoms with van der Waals surface area (Å²) in [6.45, 7) is 1.64. The average Bonchev–Trinajstić information content (AvgIpc) is 3.07. The first-order valence-electron chi connectivity index (χ1n) is 5.83. The molecule has 0 unspecified atom stereocenters. The standard InChI is InChI=1S/C13H19FN2/c1-16(9-8-13(10-15)6-7-13)12-5-3-2-4-11(12)14/h2-5H,6-10,15H2,1H3. The minimum Gasteiger partial charge on any atom is -0.372 e. The van der Waals surface area contributed by atoms with E-state index in [9.17, 15) is 4.39 Å². The molecule has 3 heteroatoms. The molecule has 1 aliphatic rings. The van der Waals surface area contributed by atoms with Crippen molar-refractivity contribution in [1.29, 1.82) is 0 Å². The molecule has 1 aromatic carbocycles. The smallest absolute Gasteiger partial charge is 0.146 e. The average molecular weight is 222 g/mol. The molecule has 0 atom stereocenters. The van der Waals surface area contributed by atoms with Crippen LogP contribution in [0.1, 0.15) is 19.3 Å². The van der Waals surface area contributed by atoms with Crippen molar-refractivity contribution < 1.29 is 4.39 Å². The fourth-order valence-electron chi connectivity index (χ4n) is 2.02. The Bertz CT molecular complexity index is 361. The normalized spacial score (nSPS) is 17.2. The summed E-state index contributed by atoms with van der Waals surface area (Å²) in [6, 6.07) is 6.90. The van der Waals surface area contributed by atoms with Gasteiger partial charge >= 0.3 is 0 Å². The molecule has 0 aromatic heterocycles. The van der Waals surface area contributed by atoms with E-state index in [1.165, 1.54) is 18.9 Å². The van der Waals surface area contributed by atoms with Crippen LogP contribution >= 0.6 is 0 Å². The number of anilines is 1. The van der Waals surface area contributed by atoms with Crippen LogP contribution in [0.25, 0.3) is 0 Å². The largest absolute Gasteiger partial charge is 0.372 e. The van der Waals surface area contributed by atoms with Gasteiger partial charge in [-0.3, -0.25) is 0 Å². The van der Waals surface area contributed by atoms with Gasteiger partial charge in [-0.2, -0.15) is 0 Å². The van der Waals surface area contributed by atoms with E-state index in [4.69, 9.17) is 5.73 Å². The minimum atomic E-state index is -0.150. The van der Waals surface area contributed by atoms with Crippen LogP contribution in [-0.4, -0.2) is 20.1 Å². The van der Waals surface area contributed by atoms with Gasteiger partial charge in [0.15, 0.2) is 0 Å². The van der Waals surface area contributed by atoms with Crippen molar-refractivity contribution in [2.24, 2.45) is 11.1 Å². The predicted octanol–water partition coefficient (Wildman–Crippen LogP) is 2.39. The van der Waals surface area contributed by atoms with Crippen LogP contribution in [0.15, 0.2) is 24.3 Å². The Balaban J connectivity index is 1.93. The van der Waals surface area contributed by atoms with Crippen LogP contribution < -0.4 is 10.6 Å². The van der Waals surface area contributed by atoms with Crippen molar-refractivity contribution in [2.75, 3.05) is 25.0 Å². The number of halogens is 1. The molecule has 1 fully saturated rings. The zero-order chi connectivity index (χ0) is 11.6. The molecule has 88 valence electrons. The van der Waals surface area contributed by atoms with Gasteiger partial charge in [0.05, 0.1) is 5.69 Å². The van der Waals surface area contributed by atoms with E-state index in [0.29, 0.717) is 11.1 Å². The number of rotatable bonds is 5. The number of benzene rings is 1. The van der Waals surface area contributed by atoms with Crippen LogP contribution in [0.5, 0.6) is 0 Å². The summed E-state index contributed by atoms with van der Waals surface area (Å²) in [4.78, 5) is 1.98. The summed E-state index contributed by atoms with van der Waals surface area (Å²) in [5, 5.41) is 0. The summed E-state index contributed by atoms with van der Waals surface area (Å²) < 4.78 is 13.5. The highest BCUT2D eigenvalue weighted by molar-refractivity contribution is 5.46. The second-order valence-corrected chi connectivity index (χ2v) is 4.83. The highest BCUT2D eigenvalue weighted by Crippen LogP contribution is 2.47. The van der Waals surface area contributed by atoms with Gasteiger partial charge in [-0.15, -0.1) is 0 Å². The minimum absolute atomic E-state index is 0.150. The van der Waals surface area contributed by atoms with Crippen LogP contribution in [0.3, 0.4) is 0 Å². The van der Waals surface area contributed by atoms with E-state index >= 15 is 0 Å². The number of nitrogens with zero attached hydrogens (tertiary/aromatic N) is 1. The molecule has 2 nitrogen and oxygen atoms in total. The van der Waals surface area contributed by atoms with Crippen molar-refractivity contribution in [1.82, 2.24) is 0 Å². The van der Waals surface area contributed by atoms with Crippen LogP contribution in [0.4, 0.5) is 10.1 Å². The first kappa shape index (κ1) is 11.4. The fourth-order valence-corrected chi connectivity index (χ4v) is 2.02. The van der Waals surface area contributed by atoms with Gasteiger partial charge in [0.25, 0.3) is 0 Å². The van der Waals surface area contributed by atoms with Crippen molar-refractivity contribution in [2.45, 2.75) is 19.3 Å². The third kappa shape index (κ3) is 2.35. The number of nitrogens with two attached hydrogens (primary N) is 1. The highest BCUT2D eigenvalue weighted by Gasteiger charge is 2.40. The molecule has 0 heterocycles. The summed E-state index contributed by atoms with van der Waals surface area (Å²) in [6.07, 6.45) is 3.53. The topological polar surface area (TPSA) is 29.3 Å². The Morgan fingerprint density at radius 1 is 1.38 bits per heavy atom. The first-order chi connectivity index (χ1) is 7.67. The SMILES string of the molecule is CN(CCC1(CN)CC1)c1ccccc1F. The predicted molar refractivity (Wildman–Crippen MR) is 65.0 cm³/mol. The Morgan fingerprint density at radius 3 is 2.62 bits per heavy atom. The van der Waals surface area contributed by atoms with E-state index in [1.807, 2.05) is 24.1 Å². The van der Waals surface area contributed by atoms with Crippen LogP contribution in [-0.2, 0) is 0 Å². The number of hydrogen-bond acceptors (Lipinski definition) is 2. The van der Waals surface area contributed by atoms with E-state index < -0.39 is 0 Å². The Hall–Kier alpha value is -1.09. The van der Waals surface area contributed by atoms with Gasteiger partial charge in [0, 0.05) is 13.6 Å². The molecule has 0 spiro atoms. The summed E-state index contributed by atoms with van der Waals surface area (Å²) in [7, 11) is 1.94. The van der Waals surface area contributed by atoms with Crippen molar-refractivity contribution in [3.63, 3.8) is 0 Å². The Kier molecular flexibility index (Phi) is 3.15. The molecule has 0 saturated heterocycles. The lowest BCUT2D eigenvalue weighted by Crippen LogP contribution is -2.25. The molecule has 2 N–H and O–H groups in total. The number of hydrogen-bond donors (Lipinski definition) is 1. The monoisotopic (exact) mass is 222 g/mol.